The van der Waals surface area contributed by atoms with Crippen LogP contribution >= 0.6 is 22.7 Å². The Bertz CT molecular complexity index is 1350. The van der Waals surface area contributed by atoms with E-state index in [1.165, 1.54) is 28.7 Å². The molecule has 1 saturated carbocycles. The first-order chi connectivity index (χ1) is 17.0. The zero-order valence-electron chi connectivity index (χ0n) is 18.8. The minimum absolute atomic E-state index is 0.0595. The minimum atomic E-state index is -1.08. The Hall–Kier alpha value is -3.34. The summed E-state index contributed by atoms with van der Waals surface area (Å²) >= 11 is 2.96. The quantitative estimate of drug-likeness (QED) is 0.237. The van der Waals surface area contributed by atoms with Crippen molar-refractivity contribution in [1.29, 1.82) is 0 Å². The summed E-state index contributed by atoms with van der Waals surface area (Å²) in [5, 5.41) is 15.3. The predicted octanol–water partition coefficient (Wildman–Crippen LogP) is 6.42. The monoisotopic (exact) mass is 511 g/mol. The second kappa shape index (κ2) is 10.1. The third kappa shape index (κ3) is 5.19. The number of aromatic nitrogens is 2. The zero-order chi connectivity index (χ0) is 24.4. The van der Waals surface area contributed by atoms with E-state index >= 15 is 0 Å². The third-order valence-corrected chi connectivity index (χ3v) is 7.55. The number of thiazole rings is 1. The maximum Gasteiger partial charge on any atom is 0.339 e. The molecule has 35 heavy (non-hydrogen) atoms. The van der Waals surface area contributed by atoms with E-state index in [0.29, 0.717) is 28.9 Å². The molecule has 180 valence electrons. The van der Waals surface area contributed by atoms with Crippen LogP contribution in [0.2, 0.25) is 0 Å². The Labute approximate surface area is 209 Å². The lowest BCUT2D eigenvalue weighted by molar-refractivity contribution is 0.0697. The van der Waals surface area contributed by atoms with E-state index in [1.807, 2.05) is 17.5 Å². The van der Waals surface area contributed by atoms with Gasteiger partial charge < -0.3 is 19.9 Å². The second-order valence-electron chi connectivity index (χ2n) is 8.02. The van der Waals surface area contributed by atoms with Crippen molar-refractivity contribution in [1.82, 2.24) is 9.97 Å². The summed E-state index contributed by atoms with van der Waals surface area (Å²) in [4.78, 5) is 23.0. The van der Waals surface area contributed by atoms with Crippen LogP contribution < -0.4 is 10.1 Å². The van der Waals surface area contributed by atoms with Crippen LogP contribution in [0.4, 0.5) is 15.3 Å². The Kier molecular flexibility index (Phi) is 6.76. The maximum atomic E-state index is 14.7. The van der Waals surface area contributed by atoms with Crippen LogP contribution in [-0.4, -0.2) is 41.4 Å². The van der Waals surface area contributed by atoms with Crippen molar-refractivity contribution in [3.05, 3.63) is 64.2 Å². The van der Waals surface area contributed by atoms with Crippen molar-refractivity contribution in [3.63, 3.8) is 0 Å². The van der Waals surface area contributed by atoms with Crippen LogP contribution in [0, 0.1) is 5.82 Å². The van der Waals surface area contributed by atoms with Crippen molar-refractivity contribution >= 4 is 39.6 Å². The van der Waals surface area contributed by atoms with E-state index in [-0.39, 0.29) is 23.7 Å². The summed E-state index contributed by atoms with van der Waals surface area (Å²) in [6.45, 7) is 0.629. The number of anilines is 2. The van der Waals surface area contributed by atoms with Crippen molar-refractivity contribution in [2.75, 3.05) is 25.6 Å². The van der Waals surface area contributed by atoms with Gasteiger partial charge in [-0.2, -0.15) is 0 Å². The van der Waals surface area contributed by atoms with Gasteiger partial charge in [-0.05, 0) is 54.5 Å². The van der Waals surface area contributed by atoms with E-state index < -0.39 is 11.8 Å². The summed E-state index contributed by atoms with van der Waals surface area (Å²) in [5.41, 5.74) is 2.13. The standard InChI is InChI=1S/C25H22FN3O4S2/c1-32-8-9-33-19-7-6-15(12-18(19)26)21-22(14-4-5-14)35-25(28-21)29-23-17(24(30)31)11-16(13-27-23)20-3-2-10-34-20/h2-3,6-7,10-14H,4-5,8-9H2,1H3,(H,30,31)(H,27,28,29). The van der Waals surface area contributed by atoms with E-state index in [1.54, 1.807) is 31.5 Å². The first kappa shape index (κ1) is 23.4. The number of hydrogen-bond acceptors (Lipinski definition) is 8. The van der Waals surface area contributed by atoms with Crippen LogP contribution in [-0.2, 0) is 4.74 Å². The third-order valence-electron chi connectivity index (χ3n) is 5.50. The van der Waals surface area contributed by atoms with E-state index in [9.17, 15) is 14.3 Å². The largest absolute Gasteiger partial charge is 0.488 e. The van der Waals surface area contributed by atoms with Gasteiger partial charge in [0.15, 0.2) is 16.7 Å². The molecule has 1 aliphatic rings. The highest BCUT2D eigenvalue weighted by atomic mass is 32.1. The number of thiophene rings is 1. The lowest BCUT2D eigenvalue weighted by atomic mass is 10.1. The number of carbonyl (C=O) groups is 1. The lowest BCUT2D eigenvalue weighted by Crippen LogP contribution is -2.05. The van der Waals surface area contributed by atoms with Crippen molar-refractivity contribution in [2.24, 2.45) is 0 Å². The Morgan fingerprint density at radius 2 is 2.09 bits per heavy atom. The van der Waals surface area contributed by atoms with Gasteiger partial charge in [-0.1, -0.05) is 6.07 Å². The van der Waals surface area contributed by atoms with E-state index in [4.69, 9.17) is 14.5 Å². The van der Waals surface area contributed by atoms with Gasteiger partial charge in [-0.15, -0.1) is 22.7 Å². The molecule has 2 N–H and O–H groups in total. The highest BCUT2D eigenvalue weighted by Crippen LogP contribution is 2.49. The van der Waals surface area contributed by atoms with Gasteiger partial charge in [-0.25, -0.2) is 19.2 Å². The number of carboxylic acid groups (broad SMARTS) is 1. The van der Waals surface area contributed by atoms with Crippen molar-refractivity contribution < 1.29 is 23.8 Å². The molecule has 0 unspecified atom stereocenters. The van der Waals surface area contributed by atoms with Gasteiger partial charge in [0.1, 0.15) is 18.0 Å². The number of ether oxygens (including phenoxy) is 2. The summed E-state index contributed by atoms with van der Waals surface area (Å²) in [6, 6.07) is 10.2. The average molecular weight is 512 g/mol. The molecule has 3 aromatic heterocycles. The van der Waals surface area contributed by atoms with Crippen LogP contribution in [0.25, 0.3) is 21.7 Å². The van der Waals surface area contributed by atoms with Gasteiger partial charge >= 0.3 is 5.97 Å². The van der Waals surface area contributed by atoms with Crippen LogP contribution in [0.5, 0.6) is 5.75 Å². The van der Waals surface area contributed by atoms with Crippen LogP contribution in [0.3, 0.4) is 0 Å². The minimum Gasteiger partial charge on any atom is -0.488 e. The molecule has 0 atom stereocenters. The maximum absolute atomic E-state index is 14.7. The van der Waals surface area contributed by atoms with Gasteiger partial charge in [0.05, 0.1) is 12.3 Å². The molecule has 1 aliphatic carbocycles. The fourth-order valence-corrected chi connectivity index (χ4v) is 5.48. The molecule has 1 aromatic carbocycles. The number of rotatable bonds is 10. The summed E-state index contributed by atoms with van der Waals surface area (Å²) in [5.74, 6) is -0.806. The molecule has 0 aliphatic heterocycles. The molecule has 0 saturated heterocycles. The number of carboxylic acids is 1. The first-order valence-electron chi connectivity index (χ1n) is 11.0. The highest BCUT2D eigenvalue weighted by Gasteiger charge is 2.30. The molecular weight excluding hydrogens is 489 g/mol. The Morgan fingerprint density at radius 3 is 2.77 bits per heavy atom. The molecule has 4 aromatic rings. The van der Waals surface area contributed by atoms with E-state index in [2.05, 4.69) is 10.3 Å². The molecular formula is C25H22FN3O4S2. The van der Waals surface area contributed by atoms with Crippen molar-refractivity contribution in [3.8, 4) is 27.4 Å². The molecule has 3 heterocycles. The number of nitrogens with zero attached hydrogens (tertiary/aromatic N) is 2. The van der Waals surface area contributed by atoms with Gasteiger partial charge in [-0.3, -0.25) is 0 Å². The summed E-state index contributed by atoms with van der Waals surface area (Å²) in [7, 11) is 1.56. The van der Waals surface area contributed by atoms with Gasteiger partial charge in [0.2, 0.25) is 0 Å². The molecule has 0 amide bonds. The van der Waals surface area contributed by atoms with Crippen LogP contribution in [0.15, 0.2) is 48.0 Å². The smallest absolute Gasteiger partial charge is 0.339 e. The fourth-order valence-electron chi connectivity index (χ4n) is 3.62. The topological polar surface area (TPSA) is 93.6 Å². The molecule has 1 fully saturated rings. The number of pyridine rings is 1. The second-order valence-corrected chi connectivity index (χ2v) is 10.00. The zero-order valence-corrected chi connectivity index (χ0v) is 20.4. The Balaban J connectivity index is 1.44. The number of benzene rings is 1. The van der Waals surface area contributed by atoms with Gasteiger partial charge in [0.25, 0.3) is 0 Å². The fraction of sp³-hybridized carbons (Fsp3) is 0.240. The molecule has 10 heteroatoms. The summed E-state index contributed by atoms with van der Waals surface area (Å²) < 4.78 is 25.0. The number of methoxy groups -OCH3 is 1. The molecule has 5 rings (SSSR count). The SMILES string of the molecule is COCCOc1ccc(-c2nc(Nc3ncc(-c4cccs4)cc3C(=O)O)sc2C2CC2)cc1F. The van der Waals surface area contributed by atoms with Gasteiger partial charge in [0, 0.05) is 34.2 Å². The number of aromatic carboxylic acids is 1. The number of halogens is 1. The average Bonchev–Trinajstić information content (AvgIpc) is 3.37. The van der Waals surface area contributed by atoms with Crippen molar-refractivity contribution in [2.45, 2.75) is 18.8 Å². The normalized spacial score (nSPS) is 13.1. The Morgan fingerprint density at radius 1 is 1.23 bits per heavy atom. The number of nitrogens with one attached hydrogen (secondary N) is 1. The molecule has 0 bridgehead atoms. The highest BCUT2D eigenvalue weighted by molar-refractivity contribution is 7.16. The van der Waals surface area contributed by atoms with E-state index in [0.717, 1.165) is 28.2 Å². The number of hydrogen-bond donors (Lipinski definition) is 2. The first-order valence-corrected chi connectivity index (χ1v) is 12.7. The van der Waals surface area contributed by atoms with Crippen LogP contribution in [0.1, 0.15) is 34.0 Å². The molecule has 7 nitrogen and oxygen atoms in total. The molecule has 0 spiro atoms. The summed E-state index contributed by atoms with van der Waals surface area (Å²) in [6.07, 6.45) is 3.74. The lowest BCUT2D eigenvalue weighted by Gasteiger charge is -2.08. The predicted molar refractivity (Wildman–Crippen MR) is 135 cm³/mol. The molecule has 0 radical (unpaired) electrons.